The van der Waals surface area contributed by atoms with Crippen molar-refractivity contribution in [2.24, 2.45) is 0 Å². The van der Waals surface area contributed by atoms with E-state index >= 15 is 0 Å². The number of nitrogens with zero attached hydrogens (tertiary/aromatic N) is 1. The van der Waals surface area contributed by atoms with Crippen LogP contribution in [0.5, 0.6) is 0 Å². The lowest BCUT2D eigenvalue weighted by Crippen LogP contribution is -2.26. The smallest absolute Gasteiger partial charge is 0.107 e. The van der Waals surface area contributed by atoms with E-state index in [4.69, 9.17) is 18.0 Å². The molecule has 3 nitrogen and oxygen atoms in total. The molecule has 0 saturated carbocycles. The molecule has 1 aromatic heterocycles. The molecular weight excluding hydrogens is 254 g/mol. The highest BCUT2D eigenvalue weighted by molar-refractivity contribution is 7.80. The molecule has 1 aromatic carbocycles. The SMILES string of the molecule is C=CC(NC(=S)c1ccccc1)c1ccncc1N. The van der Waals surface area contributed by atoms with E-state index in [1.54, 1.807) is 18.5 Å². The number of hydrogen-bond donors (Lipinski definition) is 2. The van der Waals surface area contributed by atoms with Gasteiger partial charge < -0.3 is 11.1 Å². The number of nitrogens with two attached hydrogens (primary N) is 1. The van der Waals surface area contributed by atoms with Crippen molar-refractivity contribution in [1.82, 2.24) is 10.3 Å². The number of hydrogen-bond acceptors (Lipinski definition) is 3. The third-order valence-corrected chi connectivity index (χ3v) is 3.13. The Hall–Kier alpha value is -2.20. The number of anilines is 1. The van der Waals surface area contributed by atoms with Gasteiger partial charge in [-0.3, -0.25) is 4.98 Å². The van der Waals surface area contributed by atoms with Gasteiger partial charge in [0.25, 0.3) is 0 Å². The fourth-order valence-electron chi connectivity index (χ4n) is 1.78. The van der Waals surface area contributed by atoms with Gasteiger partial charge in [0.15, 0.2) is 0 Å². The van der Waals surface area contributed by atoms with Crippen molar-refractivity contribution in [3.63, 3.8) is 0 Å². The number of rotatable bonds is 4. The third kappa shape index (κ3) is 3.17. The first-order valence-corrected chi connectivity index (χ1v) is 6.31. The highest BCUT2D eigenvalue weighted by Gasteiger charge is 2.12. The molecule has 0 amide bonds. The van der Waals surface area contributed by atoms with E-state index in [0.29, 0.717) is 10.7 Å². The predicted molar refractivity (Wildman–Crippen MR) is 82.9 cm³/mol. The van der Waals surface area contributed by atoms with Crippen LogP contribution in [0.4, 0.5) is 5.69 Å². The normalized spacial score (nSPS) is 11.6. The largest absolute Gasteiger partial charge is 0.397 e. The number of thiocarbonyl (C=S) groups is 1. The van der Waals surface area contributed by atoms with Gasteiger partial charge in [-0.1, -0.05) is 48.6 Å². The molecular formula is C15H15N3S. The molecule has 0 fully saturated rings. The maximum atomic E-state index is 5.92. The molecule has 1 heterocycles. The minimum Gasteiger partial charge on any atom is -0.397 e. The first-order valence-electron chi connectivity index (χ1n) is 5.90. The molecule has 0 aliphatic carbocycles. The van der Waals surface area contributed by atoms with E-state index in [1.807, 2.05) is 36.4 Å². The first kappa shape index (κ1) is 13.2. The molecule has 0 aliphatic heterocycles. The summed E-state index contributed by atoms with van der Waals surface area (Å²) in [6.07, 6.45) is 5.11. The van der Waals surface area contributed by atoms with Gasteiger partial charge in [0, 0.05) is 17.3 Å². The van der Waals surface area contributed by atoms with Crippen LogP contribution in [0.3, 0.4) is 0 Å². The second kappa shape index (κ2) is 6.11. The number of nitrogens with one attached hydrogen (secondary N) is 1. The summed E-state index contributed by atoms with van der Waals surface area (Å²) in [5, 5.41) is 3.25. The van der Waals surface area contributed by atoms with Crippen LogP contribution in [-0.4, -0.2) is 9.97 Å². The van der Waals surface area contributed by atoms with Crippen molar-refractivity contribution in [2.45, 2.75) is 6.04 Å². The van der Waals surface area contributed by atoms with Crippen molar-refractivity contribution in [3.05, 3.63) is 72.6 Å². The second-order valence-electron chi connectivity index (χ2n) is 4.06. The molecule has 96 valence electrons. The monoisotopic (exact) mass is 269 g/mol. The highest BCUT2D eigenvalue weighted by atomic mass is 32.1. The third-order valence-electron chi connectivity index (χ3n) is 2.78. The molecule has 0 bridgehead atoms. The van der Waals surface area contributed by atoms with Gasteiger partial charge >= 0.3 is 0 Å². The standard InChI is InChI=1S/C15H15N3S/c1-2-14(12-8-9-17-10-13(12)16)18-15(19)11-6-4-3-5-7-11/h2-10,14H,1,16H2,(H,18,19). The Morgan fingerprint density at radius 2 is 2.05 bits per heavy atom. The predicted octanol–water partition coefficient (Wildman–Crippen LogP) is 2.86. The summed E-state index contributed by atoms with van der Waals surface area (Å²) < 4.78 is 0. The fourth-order valence-corrected chi connectivity index (χ4v) is 2.04. The fraction of sp³-hybridized carbons (Fsp3) is 0.0667. The summed E-state index contributed by atoms with van der Waals surface area (Å²) >= 11 is 5.39. The second-order valence-corrected chi connectivity index (χ2v) is 4.47. The topological polar surface area (TPSA) is 50.9 Å². The lowest BCUT2D eigenvalue weighted by Gasteiger charge is -2.18. The molecule has 2 rings (SSSR count). The van der Waals surface area contributed by atoms with Gasteiger partial charge in [0.05, 0.1) is 17.9 Å². The Balaban J connectivity index is 2.19. The Bertz CT molecular complexity index is 581. The van der Waals surface area contributed by atoms with Crippen LogP contribution in [-0.2, 0) is 0 Å². The maximum Gasteiger partial charge on any atom is 0.107 e. The van der Waals surface area contributed by atoms with E-state index in [9.17, 15) is 0 Å². The van der Waals surface area contributed by atoms with Crippen molar-refractivity contribution in [2.75, 3.05) is 5.73 Å². The van der Waals surface area contributed by atoms with Crippen LogP contribution in [0, 0.1) is 0 Å². The van der Waals surface area contributed by atoms with Crippen LogP contribution in [0.1, 0.15) is 17.2 Å². The molecule has 1 unspecified atom stereocenters. The molecule has 0 aliphatic rings. The average Bonchev–Trinajstić information content (AvgIpc) is 2.46. The summed E-state index contributed by atoms with van der Waals surface area (Å²) in [6, 6.07) is 11.5. The number of pyridine rings is 1. The highest BCUT2D eigenvalue weighted by Crippen LogP contribution is 2.20. The van der Waals surface area contributed by atoms with Crippen LogP contribution in [0.2, 0.25) is 0 Å². The first-order chi connectivity index (χ1) is 9.22. The summed E-state index contributed by atoms with van der Waals surface area (Å²) in [7, 11) is 0. The van der Waals surface area contributed by atoms with Gasteiger partial charge in [-0.25, -0.2) is 0 Å². The van der Waals surface area contributed by atoms with Gasteiger partial charge in [-0.2, -0.15) is 0 Å². The zero-order valence-corrected chi connectivity index (χ0v) is 11.2. The van der Waals surface area contributed by atoms with Crippen molar-refractivity contribution in [1.29, 1.82) is 0 Å². The number of nitrogen functional groups attached to an aromatic ring is 1. The molecule has 4 heteroatoms. The number of benzene rings is 1. The van der Waals surface area contributed by atoms with Gasteiger partial charge in [0.2, 0.25) is 0 Å². The van der Waals surface area contributed by atoms with E-state index < -0.39 is 0 Å². The van der Waals surface area contributed by atoms with Crippen LogP contribution in [0.25, 0.3) is 0 Å². The van der Waals surface area contributed by atoms with Gasteiger partial charge in [-0.05, 0) is 6.07 Å². The lowest BCUT2D eigenvalue weighted by atomic mass is 10.1. The zero-order valence-electron chi connectivity index (χ0n) is 10.4. The molecule has 0 spiro atoms. The number of aromatic nitrogens is 1. The van der Waals surface area contributed by atoms with E-state index in [2.05, 4.69) is 16.9 Å². The molecule has 0 radical (unpaired) electrons. The zero-order chi connectivity index (χ0) is 13.7. The molecule has 2 aromatic rings. The van der Waals surface area contributed by atoms with E-state index in [1.165, 1.54) is 0 Å². The van der Waals surface area contributed by atoms with E-state index in [0.717, 1.165) is 11.1 Å². The quantitative estimate of drug-likeness (QED) is 0.662. The Kier molecular flexibility index (Phi) is 4.26. The Morgan fingerprint density at radius 1 is 1.32 bits per heavy atom. The summed E-state index contributed by atoms with van der Waals surface area (Å²) in [5.74, 6) is 0. The lowest BCUT2D eigenvalue weighted by molar-refractivity contribution is 0.803. The minimum atomic E-state index is -0.129. The van der Waals surface area contributed by atoms with Crippen molar-refractivity contribution in [3.8, 4) is 0 Å². The van der Waals surface area contributed by atoms with Crippen LogP contribution < -0.4 is 11.1 Å². The van der Waals surface area contributed by atoms with Crippen LogP contribution >= 0.6 is 12.2 Å². The average molecular weight is 269 g/mol. The van der Waals surface area contributed by atoms with Crippen LogP contribution in [0.15, 0.2) is 61.4 Å². The maximum absolute atomic E-state index is 5.92. The molecule has 0 saturated heterocycles. The summed E-state index contributed by atoms with van der Waals surface area (Å²) in [6.45, 7) is 3.83. The van der Waals surface area contributed by atoms with Gasteiger partial charge in [-0.15, -0.1) is 6.58 Å². The Morgan fingerprint density at radius 3 is 2.68 bits per heavy atom. The Labute approximate surface area is 118 Å². The minimum absolute atomic E-state index is 0.129. The van der Waals surface area contributed by atoms with E-state index in [-0.39, 0.29) is 6.04 Å². The van der Waals surface area contributed by atoms with Gasteiger partial charge in [0.1, 0.15) is 4.99 Å². The molecule has 19 heavy (non-hydrogen) atoms. The summed E-state index contributed by atoms with van der Waals surface area (Å²) in [4.78, 5) is 4.65. The summed E-state index contributed by atoms with van der Waals surface area (Å²) in [5.41, 5.74) is 8.43. The van der Waals surface area contributed by atoms with Crippen molar-refractivity contribution < 1.29 is 0 Å². The molecule has 3 N–H and O–H groups in total. The molecule has 1 atom stereocenters. The van der Waals surface area contributed by atoms with Crippen molar-refractivity contribution >= 4 is 22.9 Å².